The molecule has 0 amide bonds. The Morgan fingerprint density at radius 3 is 2.68 bits per heavy atom. The molecule has 0 aliphatic carbocycles. The van der Waals surface area contributed by atoms with E-state index in [1.165, 1.54) is 22.3 Å². The van der Waals surface area contributed by atoms with Gasteiger partial charge >= 0.3 is 0 Å². The third-order valence-electron chi connectivity index (χ3n) is 4.44. The molecule has 25 heavy (non-hydrogen) atoms. The molecule has 0 unspecified atom stereocenters. The summed E-state index contributed by atoms with van der Waals surface area (Å²) in [5, 5.41) is 1.17. The van der Waals surface area contributed by atoms with Gasteiger partial charge in [-0.05, 0) is 48.9 Å². The summed E-state index contributed by atoms with van der Waals surface area (Å²) < 4.78 is 0. The van der Waals surface area contributed by atoms with E-state index in [0.717, 1.165) is 17.8 Å². The highest BCUT2D eigenvalue weighted by molar-refractivity contribution is 5.80. The first-order valence-corrected chi connectivity index (χ1v) is 8.64. The Morgan fingerprint density at radius 1 is 0.920 bits per heavy atom. The lowest BCUT2D eigenvalue weighted by molar-refractivity contribution is 0.971. The van der Waals surface area contributed by atoms with Crippen LogP contribution in [0.5, 0.6) is 0 Å². The van der Waals surface area contributed by atoms with Crippen molar-refractivity contribution in [2.24, 2.45) is 0 Å². The van der Waals surface area contributed by atoms with Crippen LogP contribution in [0, 0.1) is 0 Å². The van der Waals surface area contributed by atoms with E-state index in [2.05, 4.69) is 89.7 Å². The van der Waals surface area contributed by atoms with Crippen molar-refractivity contribution in [3.8, 4) is 0 Å². The highest BCUT2D eigenvalue weighted by Crippen LogP contribution is 2.30. The molecule has 0 atom stereocenters. The number of benzene rings is 2. The van der Waals surface area contributed by atoms with Gasteiger partial charge in [0.25, 0.3) is 0 Å². The fourth-order valence-electron chi connectivity index (χ4n) is 3.20. The van der Waals surface area contributed by atoms with Gasteiger partial charge < -0.3 is 4.90 Å². The number of nitrogens with zero attached hydrogens (tertiary/aromatic N) is 2. The van der Waals surface area contributed by atoms with Crippen LogP contribution >= 0.6 is 0 Å². The average molecular weight is 324 g/mol. The summed E-state index contributed by atoms with van der Waals surface area (Å²) in [7, 11) is 0. The first-order chi connectivity index (χ1) is 12.3. The highest BCUT2D eigenvalue weighted by atomic mass is 15.1. The Bertz CT molecular complexity index is 996. The van der Waals surface area contributed by atoms with Crippen molar-refractivity contribution in [1.82, 2.24) is 4.98 Å². The lowest BCUT2D eigenvalue weighted by Crippen LogP contribution is -2.23. The minimum absolute atomic E-state index is 0.940. The van der Waals surface area contributed by atoms with E-state index >= 15 is 0 Å². The largest absolute Gasteiger partial charge is 0.341 e. The van der Waals surface area contributed by atoms with Crippen LogP contribution in [0.1, 0.15) is 18.2 Å². The first kappa shape index (κ1) is 15.4. The number of hydrogen-bond donors (Lipinski definition) is 0. The number of rotatable bonds is 3. The van der Waals surface area contributed by atoms with Crippen LogP contribution in [0.2, 0.25) is 0 Å². The Morgan fingerprint density at radius 2 is 1.76 bits per heavy atom. The molecule has 1 aromatic heterocycles. The van der Waals surface area contributed by atoms with Crippen LogP contribution in [-0.4, -0.2) is 11.5 Å². The number of pyridine rings is 1. The molecule has 2 heterocycles. The van der Waals surface area contributed by atoms with Crippen LogP contribution in [-0.2, 0) is 0 Å². The SMILES string of the molecule is CCN1C(=CC=Cc2ccc3ccccc3n2)C=Cc2ccccc21. The molecule has 0 N–H and O–H groups in total. The molecule has 0 fully saturated rings. The fraction of sp³-hybridized carbons (Fsp3) is 0.0870. The van der Waals surface area contributed by atoms with E-state index < -0.39 is 0 Å². The van der Waals surface area contributed by atoms with Crippen LogP contribution in [0.3, 0.4) is 0 Å². The second kappa shape index (κ2) is 6.78. The van der Waals surface area contributed by atoms with Crippen molar-refractivity contribution < 1.29 is 0 Å². The summed E-state index contributed by atoms with van der Waals surface area (Å²) >= 11 is 0. The third kappa shape index (κ3) is 3.11. The molecule has 0 saturated carbocycles. The lowest BCUT2D eigenvalue weighted by atomic mass is 10.1. The molecule has 2 aromatic carbocycles. The van der Waals surface area contributed by atoms with Gasteiger partial charge in [-0.25, -0.2) is 4.98 Å². The molecule has 1 aliphatic rings. The van der Waals surface area contributed by atoms with Gasteiger partial charge in [-0.1, -0.05) is 54.6 Å². The maximum absolute atomic E-state index is 4.69. The van der Waals surface area contributed by atoms with E-state index in [0.29, 0.717) is 0 Å². The van der Waals surface area contributed by atoms with Crippen molar-refractivity contribution in [3.63, 3.8) is 0 Å². The number of fused-ring (bicyclic) bond motifs is 2. The average Bonchev–Trinajstić information content (AvgIpc) is 2.67. The van der Waals surface area contributed by atoms with Crippen LogP contribution < -0.4 is 4.90 Å². The minimum Gasteiger partial charge on any atom is -0.341 e. The smallest absolute Gasteiger partial charge is 0.0709 e. The monoisotopic (exact) mass is 324 g/mol. The van der Waals surface area contributed by atoms with Crippen molar-refractivity contribution in [2.45, 2.75) is 6.92 Å². The molecular weight excluding hydrogens is 304 g/mol. The van der Waals surface area contributed by atoms with E-state index in [4.69, 9.17) is 0 Å². The van der Waals surface area contributed by atoms with Gasteiger partial charge in [-0.3, -0.25) is 0 Å². The van der Waals surface area contributed by atoms with Crippen molar-refractivity contribution in [3.05, 3.63) is 95.8 Å². The second-order valence-electron chi connectivity index (χ2n) is 6.02. The maximum atomic E-state index is 4.69. The normalized spacial score (nSPS) is 15.2. The Hall–Kier alpha value is -3.13. The number of hydrogen-bond acceptors (Lipinski definition) is 2. The zero-order chi connectivity index (χ0) is 17.1. The Kier molecular flexibility index (Phi) is 4.17. The molecular formula is C23H20N2. The molecule has 0 spiro atoms. The Labute approximate surface area is 148 Å². The molecule has 0 saturated heterocycles. The number of allylic oxidation sites excluding steroid dienone is 3. The van der Waals surface area contributed by atoms with Crippen LogP contribution in [0.15, 0.2) is 84.6 Å². The molecule has 0 radical (unpaired) electrons. The van der Waals surface area contributed by atoms with Crippen molar-refractivity contribution in [2.75, 3.05) is 11.4 Å². The maximum Gasteiger partial charge on any atom is 0.0709 e. The van der Waals surface area contributed by atoms with Crippen molar-refractivity contribution in [1.29, 1.82) is 0 Å². The summed E-state index contributed by atoms with van der Waals surface area (Å²) in [4.78, 5) is 7.01. The molecule has 2 heteroatoms. The van der Waals surface area contributed by atoms with Gasteiger partial charge in [0.2, 0.25) is 0 Å². The van der Waals surface area contributed by atoms with Crippen molar-refractivity contribution >= 4 is 28.7 Å². The van der Waals surface area contributed by atoms with E-state index in [-0.39, 0.29) is 0 Å². The summed E-state index contributed by atoms with van der Waals surface area (Å²) in [6.45, 7) is 3.12. The number of para-hydroxylation sites is 2. The fourth-order valence-corrected chi connectivity index (χ4v) is 3.20. The summed E-state index contributed by atoms with van der Waals surface area (Å²) in [5.41, 5.74) is 5.72. The molecule has 2 nitrogen and oxygen atoms in total. The predicted octanol–water partition coefficient (Wildman–Crippen LogP) is 5.69. The van der Waals surface area contributed by atoms with Crippen LogP contribution in [0.25, 0.3) is 23.1 Å². The lowest BCUT2D eigenvalue weighted by Gasteiger charge is -2.29. The summed E-state index contributed by atoms with van der Waals surface area (Å²) in [6.07, 6.45) is 10.6. The molecule has 3 aromatic rings. The summed E-state index contributed by atoms with van der Waals surface area (Å²) in [6, 6.07) is 20.9. The standard InChI is InChI=1S/C23H20N2/c1-2-25-21(17-15-19-9-4-6-13-23(19)25)11-7-10-20-16-14-18-8-3-5-12-22(18)24-20/h3-17H,2H2,1H3. The predicted molar refractivity (Wildman–Crippen MR) is 107 cm³/mol. The number of aromatic nitrogens is 1. The number of anilines is 1. The first-order valence-electron chi connectivity index (χ1n) is 8.64. The molecule has 0 bridgehead atoms. The van der Waals surface area contributed by atoms with Gasteiger partial charge in [0.15, 0.2) is 0 Å². The topological polar surface area (TPSA) is 16.1 Å². The van der Waals surface area contributed by atoms with Crippen LogP contribution in [0.4, 0.5) is 5.69 Å². The highest BCUT2D eigenvalue weighted by Gasteiger charge is 2.14. The van der Waals surface area contributed by atoms with E-state index in [1.54, 1.807) is 0 Å². The summed E-state index contributed by atoms with van der Waals surface area (Å²) in [5.74, 6) is 0. The zero-order valence-electron chi connectivity index (χ0n) is 14.3. The van der Waals surface area contributed by atoms with E-state index in [1.807, 2.05) is 18.2 Å². The van der Waals surface area contributed by atoms with Gasteiger partial charge in [0.1, 0.15) is 0 Å². The third-order valence-corrected chi connectivity index (χ3v) is 4.44. The van der Waals surface area contributed by atoms with Gasteiger partial charge in [0.05, 0.1) is 11.2 Å². The quantitative estimate of drug-likeness (QED) is 0.615. The Balaban J connectivity index is 1.61. The zero-order valence-corrected chi connectivity index (χ0v) is 14.3. The second-order valence-corrected chi connectivity index (χ2v) is 6.02. The molecule has 4 rings (SSSR count). The minimum atomic E-state index is 0.940. The van der Waals surface area contributed by atoms with Gasteiger partial charge in [-0.2, -0.15) is 0 Å². The van der Waals surface area contributed by atoms with Gasteiger partial charge in [-0.15, -0.1) is 0 Å². The van der Waals surface area contributed by atoms with E-state index in [9.17, 15) is 0 Å². The molecule has 1 aliphatic heterocycles. The van der Waals surface area contributed by atoms with Gasteiger partial charge in [0, 0.05) is 23.3 Å². The number of likely N-dealkylation sites (N-methyl/N-ethyl adjacent to an activating group) is 1. The molecule has 122 valence electrons.